The van der Waals surface area contributed by atoms with Gasteiger partial charge in [-0.25, -0.2) is 0 Å². The Morgan fingerprint density at radius 1 is 0.846 bits per heavy atom. The molecule has 2 bridgehead atoms. The van der Waals surface area contributed by atoms with E-state index in [4.69, 9.17) is 18.9 Å². The molecule has 0 unspecified atom stereocenters. The Bertz CT molecular complexity index is 1050. The summed E-state index contributed by atoms with van der Waals surface area (Å²) < 4.78 is 23.2. The molecule has 0 aromatic rings. The Labute approximate surface area is 228 Å². The van der Waals surface area contributed by atoms with Crippen LogP contribution in [0.15, 0.2) is 11.1 Å². The summed E-state index contributed by atoms with van der Waals surface area (Å²) in [7, 11) is 0. The zero-order valence-corrected chi connectivity index (χ0v) is 24.0. The topological polar surface area (TPSA) is 166 Å². The molecule has 9 atom stereocenters. The van der Waals surface area contributed by atoms with Crippen molar-refractivity contribution in [3.8, 4) is 0 Å². The summed E-state index contributed by atoms with van der Waals surface area (Å²) in [6, 6.07) is 0. The Kier molecular flexibility index (Phi) is 8.61. The fraction of sp³-hybridized carbons (Fsp3) is 0.786. The number of aliphatic hydroxyl groups is 3. The van der Waals surface area contributed by atoms with Gasteiger partial charge in [-0.15, -0.1) is 0 Å². The third kappa shape index (κ3) is 5.32. The second kappa shape index (κ2) is 10.8. The van der Waals surface area contributed by atoms with E-state index in [1.54, 1.807) is 13.8 Å². The zero-order chi connectivity index (χ0) is 29.7. The van der Waals surface area contributed by atoms with Gasteiger partial charge in [0, 0.05) is 40.0 Å². The molecule has 0 aromatic carbocycles. The van der Waals surface area contributed by atoms with Crippen molar-refractivity contribution in [2.45, 2.75) is 111 Å². The molecule has 3 aliphatic carbocycles. The fourth-order valence-corrected chi connectivity index (χ4v) is 7.47. The number of fused-ring (bicyclic) bond motifs is 3. The van der Waals surface area contributed by atoms with Crippen LogP contribution < -0.4 is 0 Å². The van der Waals surface area contributed by atoms with Gasteiger partial charge >= 0.3 is 23.9 Å². The minimum absolute atomic E-state index is 0.175. The van der Waals surface area contributed by atoms with Crippen LogP contribution >= 0.6 is 0 Å². The Hall–Kier alpha value is -2.50. The number of carbonyl (C=O) groups excluding carboxylic acids is 4. The summed E-state index contributed by atoms with van der Waals surface area (Å²) in [6.07, 6.45) is -5.49. The van der Waals surface area contributed by atoms with Crippen molar-refractivity contribution in [3.05, 3.63) is 11.1 Å². The highest BCUT2D eigenvalue weighted by Gasteiger charge is 2.69. The van der Waals surface area contributed by atoms with E-state index in [1.807, 2.05) is 13.8 Å². The highest BCUT2D eigenvalue weighted by atomic mass is 16.6. The van der Waals surface area contributed by atoms with E-state index in [0.29, 0.717) is 17.6 Å². The van der Waals surface area contributed by atoms with E-state index in [2.05, 4.69) is 0 Å². The normalized spacial score (nSPS) is 39.4. The summed E-state index contributed by atoms with van der Waals surface area (Å²) >= 11 is 0. The minimum atomic E-state index is -2.08. The van der Waals surface area contributed by atoms with Gasteiger partial charge in [0.1, 0.15) is 17.8 Å². The van der Waals surface area contributed by atoms with Gasteiger partial charge in [0.05, 0.1) is 18.1 Å². The highest BCUT2D eigenvalue weighted by molar-refractivity contribution is 5.69. The predicted octanol–water partition coefficient (Wildman–Crippen LogP) is 1.59. The molecule has 3 rings (SSSR count). The van der Waals surface area contributed by atoms with Crippen molar-refractivity contribution in [2.24, 2.45) is 22.7 Å². The first-order chi connectivity index (χ1) is 17.9. The van der Waals surface area contributed by atoms with Crippen molar-refractivity contribution in [3.63, 3.8) is 0 Å². The number of esters is 4. The van der Waals surface area contributed by atoms with Crippen molar-refractivity contribution >= 4 is 23.9 Å². The van der Waals surface area contributed by atoms with Gasteiger partial charge in [-0.2, -0.15) is 0 Å². The lowest BCUT2D eigenvalue weighted by atomic mass is 9.47. The van der Waals surface area contributed by atoms with Crippen LogP contribution in [0.4, 0.5) is 0 Å². The average molecular weight is 555 g/mol. The lowest BCUT2D eigenvalue weighted by molar-refractivity contribution is -0.275. The maximum Gasteiger partial charge on any atom is 0.303 e. The van der Waals surface area contributed by atoms with Crippen molar-refractivity contribution in [1.82, 2.24) is 0 Å². The first-order valence-corrected chi connectivity index (χ1v) is 13.3. The Morgan fingerprint density at radius 2 is 1.38 bits per heavy atom. The lowest BCUT2D eigenvalue weighted by Gasteiger charge is -2.62. The molecule has 0 aromatic heterocycles. The van der Waals surface area contributed by atoms with Gasteiger partial charge in [0.15, 0.2) is 12.2 Å². The van der Waals surface area contributed by atoms with Crippen molar-refractivity contribution < 1.29 is 53.4 Å². The molecule has 0 aliphatic heterocycles. The Morgan fingerprint density at radius 3 is 1.87 bits per heavy atom. The minimum Gasteiger partial charge on any atom is -0.462 e. The van der Waals surface area contributed by atoms with E-state index < -0.39 is 83.4 Å². The SMILES string of the molecule is CC(=O)O[C@H]1C[C@H]2C[C@@H]3[C@](O)(CO)[C@@H](O)C[C@H](OC(C)=O)[C@@]3(C)[C@@H](OC(C)=O)[C@H](OC(C)=O)C(=C1C)C2(C)C. The molecule has 2 fully saturated rings. The van der Waals surface area contributed by atoms with Crippen molar-refractivity contribution in [1.29, 1.82) is 0 Å². The summed E-state index contributed by atoms with van der Waals surface area (Å²) in [4.78, 5) is 49.4. The summed E-state index contributed by atoms with van der Waals surface area (Å²) in [5, 5.41) is 33.4. The van der Waals surface area contributed by atoms with Crippen LogP contribution in [0.25, 0.3) is 0 Å². The fourth-order valence-electron chi connectivity index (χ4n) is 7.47. The lowest BCUT2D eigenvalue weighted by Crippen LogP contribution is -2.72. The molecular formula is C28H42O11. The molecule has 39 heavy (non-hydrogen) atoms. The number of rotatable bonds is 5. The molecule has 2 saturated carbocycles. The molecule has 0 saturated heterocycles. The van der Waals surface area contributed by atoms with Gasteiger partial charge in [-0.1, -0.05) is 20.8 Å². The quantitative estimate of drug-likeness (QED) is 0.257. The van der Waals surface area contributed by atoms with Gasteiger partial charge in [0.25, 0.3) is 0 Å². The predicted molar refractivity (Wildman–Crippen MR) is 136 cm³/mol. The monoisotopic (exact) mass is 554 g/mol. The molecule has 0 radical (unpaired) electrons. The molecule has 11 nitrogen and oxygen atoms in total. The standard InChI is InChI=1S/C28H42O11/c1-13-19(36-14(2)30)9-18-10-20-27(8,22(37-15(3)31)11-21(34)28(20,35)12-29)25(39-17(5)33)24(38-16(4)32)23(13)26(18,6)7/h18-22,24-25,29,34-35H,9-12H2,1-8H3/t18-,19-,20-,21-,22-,24+,25-,27-,28+/m0/s1. The molecule has 220 valence electrons. The smallest absolute Gasteiger partial charge is 0.303 e. The number of hydrogen-bond donors (Lipinski definition) is 3. The molecule has 3 aliphatic rings. The van der Waals surface area contributed by atoms with Gasteiger partial charge in [0.2, 0.25) is 0 Å². The van der Waals surface area contributed by atoms with Crippen LogP contribution in [-0.2, 0) is 38.1 Å². The second-order valence-corrected chi connectivity index (χ2v) is 12.1. The summed E-state index contributed by atoms with van der Waals surface area (Å²) in [5.74, 6) is -3.86. The summed E-state index contributed by atoms with van der Waals surface area (Å²) in [6.45, 7) is 11.4. The maximum atomic E-state index is 12.6. The third-order valence-corrected chi connectivity index (χ3v) is 9.33. The number of ether oxygens (including phenoxy) is 4. The van der Waals surface area contributed by atoms with Crippen LogP contribution in [0.2, 0.25) is 0 Å². The summed E-state index contributed by atoms with van der Waals surface area (Å²) in [5.41, 5.74) is -2.98. The van der Waals surface area contributed by atoms with Gasteiger partial charge in [-0.05, 0) is 42.2 Å². The van der Waals surface area contributed by atoms with Crippen LogP contribution in [0.1, 0.15) is 74.7 Å². The van der Waals surface area contributed by atoms with E-state index in [1.165, 1.54) is 27.7 Å². The van der Waals surface area contributed by atoms with E-state index in [0.717, 1.165) is 0 Å². The van der Waals surface area contributed by atoms with E-state index in [9.17, 15) is 34.5 Å². The number of hydrogen-bond acceptors (Lipinski definition) is 11. The molecule has 11 heteroatoms. The average Bonchev–Trinajstić information content (AvgIpc) is 2.79. The third-order valence-electron chi connectivity index (χ3n) is 9.33. The van der Waals surface area contributed by atoms with Crippen molar-refractivity contribution in [2.75, 3.05) is 6.61 Å². The maximum absolute atomic E-state index is 12.6. The molecule has 0 amide bonds. The molecule has 0 spiro atoms. The zero-order valence-electron chi connectivity index (χ0n) is 24.0. The van der Waals surface area contributed by atoms with E-state index in [-0.39, 0.29) is 18.8 Å². The van der Waals surface area contributed by atoms with Crippen LogP contribution in [-0.4, -0.2) is 81.9 Å². The molecule has 3 N–H and O–H groups in total. The number of carbonyl (C=O) groups is 4. The largest absolute Gasteiger partial charge is 0.462 e. The first-order valence-electron chi connectivity index (χ1n) is 13.3. The molecule has 0 heterocycles. The number of aliphatic hydroxyl groups excluding tert-OH is 2. The van der Waals surface area contributed by atoms with E-state index >= 15 is 0 Å². The van der Waals surface area contributed by atoms with Crippen LogP contribution in [0, 0.1) is 22.7 Å². The van der Waals surface area contributed by atoms with Crippen LogP contribution in [0.3, 0.4) is 0 Å². The van der Waals surface area contributed by atoms with Crippen LogP contribution in [0.5, 0.6) is 0 Å². The Balaban J connectivity index is 2.44. The molecular weight excluding hydrogens is 512 g/mol. The first kappa shape index (κ1) is 31.0. The van der Waals surface area contributed by atoms with Gasteiger partial charge < -0.3 is 34.3 Å². The van der Waals surface area contributed by atoms with Gasteiger partial charge in [-0.3, -0.25) is 19.2 Å². The highest BCUT2D eigenvalue weighted by Crippen LogP contribution is 2.61. The second-order valence-electron chi connectivity index (χ2n) is 12.1.